The number of hydrogen-bond donors (Lipinski definition) is 1. The van der Waals surface area contributed by atoms with Gasteiger partial charge in [0.15, 0.2) is 5.65 Å². The molecule has 2 aromatic rings. The first kappa shape index (κ1) is 9.68. The van der Waals surface area contributed by atoms with E-state index >= 15 is 0 Å². The lowest BCUT2D eigenvalue weighted by atomic mass is 10.2. The molecule has 0 aromatic carbocycles. The molecule has 0 bridgehead atoms. The molecule has 16 heavy (non-hydrogen) atoms. The van der Waals surface area contributed by atoms with Crippen LogP contribution < -0.4 is 5.73 Å². The third-order valence-electron chi connectivity index (χ3n) is 2.90. The lowest BCUT2D eigenvalue weighted by Gasteiger charge is -2.13. The monoisotopic (exact) mass is 219 g/mol. The summed E-state index contributed by atoms with van der Waals surface area (Å²) in [5.74, 6) is 0. The number of hydrogen-bond acceptors (Lipinski definition) is 5. The van der Waals surface area contributed by atoms with Crippen molar-refractivity contribution in [1.29, 1.82) is 0 Å². The minimum Gasteiger partial charge on any atom is -0.353 e. The molecule has 3 heterocycles. The lowest BCUT2D eigenvalue weighted by molar-refractivity contribution is 0.00866. The summed E-state index contributed by atoms with van der Waals surface area (Å²) < 4.78 is 7.75. The molecule has 0 aliphatic carbocycles. The van der Waals surface area contributed by atoms with Crippen molar-refractivity contribution in [2.24, 2.45) is 5.73 Å². The lowest BCUT2D eigenvalue weighted by Crippen LogP contribution is -2.20. The number of ether oxygens (including phenoxy) is 1. The number of aromatic nitrogens is 4. The summed E-state index contributed by atoms with van der Waals surface area (Å²) in [5, 5.41) is 0. The largest absolute Gasteiger partial charge is 0.353 e. The van der Waals surface area contributed by atoms with Crippen molar-refractivity contribution in [1.82, 2.24) is 19.5 Å². The van der Waals surface area contributed by atoms with E-state index in [0.717, 1.165) is 24.0 Å². The number of fused-ring (bicyclic) bond motifs is 1. The molecule has 2 aromatic heterocycles. The van der Waals surface area contributed by atoms with Crippen LogP contribution in [0.4, 0.5) is 0 Å². The van der Waals surface area contributed by atoms with Crippen molar-refractivity contribution in [3.8, 4) is 0 Å². The van der Waals surface area contributed by atoms with E-state index in [1.54, 1.807) is 12.5 Å². The van der Waals surface area contributed by atoms with Gasteiger partial charge in [0.05, 0.1) is 18.6 Å². The molecule has 0 radical (unpaired) electrons. The topological polar surface area (TPSA) is 78.9 Å². The van der Waals surface area contributed by atoms with Crippen LogP contribution in [0.1, 0.15) is 19.1 Å². The van der Waals surface area contributed by atoms with Gasteiger partial charge in [0.2, 0.25) is 0 Å². The van der Waals surface area contributed by atoms with Gasteiger partial charge in [-0.05, 0) is 12.8 Å². The van der Waals surface area contributed by atoms with Gasteiger partial charge in [0.1, 0.15) is 18.1 Å². The normalized spacial score (nSPS) is 25.3. The van der Waals surface area contributed by atoms with Gasteiger partial charge in [-0.1, -0.05) is 0 Å². The highest BCUT2D eigenvalue weighted by Gasteiger charge is 2.26. The summed E-state index contributed by atoms with van der Waals surface area (Å²) >= 11 is 0. The fraction of sp³-hybridized carbons (Fsp3) is 0.500. The second-order valence-electron chi connectivity index (χ2n) is 3.91. The molecular weight excluding hydrogens is 206 g/mol. The molecule has 2 N–H and O–H groups in total. The summed E-state index contributed by atoms with van der Waals surface area (Å²) in [4.78, 5) is 12.4. The Morgan fingerprint density at radius 3 is 3.19 bits per heavy atom. The van der Waals surface area contributed by atoms with E-state index in [1.165, 1.54) is 6.33 Å². The fourth-order valence-electron chi connectivity index (χ4n) is 2.06. The van der Waals surface area contributed by atoms with E-state index in [0.29, 0.717) is 6.54 Å². The van der Waals surface area contributed by atoms with E-state index in [4.69, 9.17) is 10.5 Å². The molecule has 2 atom stereocenters. The second-order valence-corrected chi connectivity index (χ2v) is 3.91. The van der Waals surface area contributed by atoms with E-state index in [1.807, 2.05) is 4.57 Å². The minimum atomic E-state index is 0.00782. The van der Waals surface area contributed by atoms with Gasteiger partial charge in [-0.15, -0.1) is 0 Å². The number of nitrogens with two attached hydrogens (primary N) is 1. The first-order chi connectivity index (χ1) is 7.88. The van der Waals surface area contributed by atoms with Crippen LogP contribution in [0.5, 0.6) is 0 Å². The molecule has 0 amide bonds. The van der Waals surface area contributed by atoms with Gasteiger partial charge in [-0.2, -0.15) is 0 Å². The van der Waals surface area contributed by atoms with Crippen molar-refractivity contribution < 1.29 is 4.74 Å². The first-order valence-electron chi connectivity index (χ1n) is 5.36. The molecule has 1 fully saturated rings. The zero-order valence-electron chi connectivity index (χ0n) is 8.78. The van der Waals surface area contributed by atoms with Crippen molar-refractivity contribution in [3.63, 3.8) is 0 Å². The molecule has 3 rings (SSSR count). The molecule has 1 aliphatic heterocycles. The third-order valence-corrected chi connectivity index (χ3v) is 2.90. The van der Waals surface area contributed by atoms with Crippen molar-refractivity contribution in [2.75, 3.05) is 6.54 Å². The van der Waals surface area contributed by atoms with Gasteiger partial charge in [0, 0.05) is 6.54 Å². The van der Waals surface area contributed by atoms with Crippen LogP contribution in [0.3, 0.4) is 0 Å². The Labute approximate surface area is 92.5 Å². The standard InChI is InChI=1S/C10H13N5O/c11-3-7-1-2-9(16-7)15-6-14-8-4-12-5-13-10(8)15/h4-7,9H,1-3,11H2. The number of rotatable bonds is 2. The molecule has 0 spiro atoms. The van der Waals surface area contributed by atoms with Crippen LogP contribution in [0.15, 0.2) is 18.9 Å². The highest BCUT2D eigenvalue weighted by Crippen LogP contribution is 2.29. The van der Waals surface area contributed by atoms with Crippen LogP contribution in [0.2, 0.25) is 0 Å². The van der Waals surface area contributed by atoms with Gasteiger partial charge < -0.3 is 10.5 Å². The average molecular weight is 219 g/mol. The van der Waals surface area contributed by atoms with Gasteiger partial charge >= 0.3 is 0 Å². The van der Waals surface area contributed by atoms with Crippen LogP contribution >= 0.6 is 0 Å². The number of imidazole rings is 1. The van der Waals surface area contributed by atoms with Crippen LogP contribution in [0.25, 0.3) is 11.2 Å². The Morgan fingerprint density at radius 1 is 1.44 bits per heavy atom. The summed E-state index contributed by atoms with van der Waals surface area (Å²) in [5.41, 5.74) is 7.20. The van der Waals surface area contributed by atoms with E-state index in [-0.39, 0.29) is 12.3 Å². The summed E-state index contributed by atoms with van der Waals surface area (Å²) in [6.07, 6.45) is 7.09. The Balaban J connectivity index is 1.95. The minimum absolute atomic E-state index is 0.00782. The highest BCUT2D eigenvalue weighted by molar-refractivity contribution is 5.68. The first-order valence-corrected chi connectivity index (χ1v) is 5.36. The van der Waals surface area contributed by atoms with Gasteiger partial charge in [-0.25, -0.2) is 15.0 Å². The predicted molar refractivity (Wildman–Crippen MR) is 57.5 cm³/mol. The molecule has 1 aliphatic rings. The maximum atomic E-state index is 5.80. The van der Waals surface area contributed by atoms with Crippen molar-refractivity contribution >= 4 is 11.2 Å². The Hall–Kier alpha value is -1.53. The smallest absolute Gasteiger partial charge is 0.165 e. The zero-order chi connectivity index (χ0) is 11.0. The molecule has 84 valence electrons. The second kappa shape index (κ2) is 3.80. The number of nitrogens with zero attached hydrogens (tertiary/aromatic N) is 4. The summed E-state index contributed by atoms with van der Waals surface area (Å²) in [6.45, 7) is 0.568. The maximum absolute atomic E-state index is 5.80. The van der Waals surface area contributed by atoms with E-state index in [2.05, 4.69) is 15.0 Å². The predicted octanol–water partition coefficient (Wildman–Crippen LogP) is 0.463. The van der Waals surface area contributed by atoms with Crippen molar-refractivity contribution in [2.45, 2.75) is 25.2 Å². The molecule has 0 saturated carbocycles. The molecule has 1 saturated heterocycles. The maximum Gasteiger partial charge on any atom is 0.165 e. The highest BCUT2D eigenvalue weighted by atomic mass is 16.5. The Kier molecular flexibility index (Phi) is 2.30. The summed E-state index contributed by atoms with van der Waals surface area (Å²) in [7, 11) is 0. The van der Waals surface area contributed by atoms with Gasteiger partial charge in [0.25, 0.3) is 0 Å². The van der Waals surface area contributed by atoms with Crippen LogP contribution in [-0.2, 0) is 4.74 Å². The quantitative estimate of drug-likeness (QED) is 0.794. The SMILES string of the molecule is NCC1CCC(n2cnc3cncnc32)O1. The molecule has 2 unspecified atom stereocenters. The third kappa shape index (κ3) is 1.46. The fourth-order valence-corrected chi connectivity index (χ4v) is 2.06. The van der Waals surface area contributed by atoms with E-state index in [9.17, 15) is 0 Å². The molecule has 6 heteroatoms. The Morgan fingerprint density at radius 2 is 2.38 bits per heavy atom. The van der Waals surface area contributed by atoms with Crippen LogP contribution in [-0.4, -0.2) is 32.2 Å². The molecular formula is C10H13N5O. The average Bonchev–Trinajstić information content (AvgIpc) is 2.94. The van der Waals surface area contributed by atoms with Gasteiger partial charge in [-0.3, -0.25) is 4.57 Å². The van der Waals surface area contributed by atoms with E-state index < -0.39 is 0 Å². The van der Waals surface area contributed by atoms with Crippen molar-refractivity contribution in [3.05, 3.63) is 18.9 Å². The zero-order valence-corrected chi connectivity index (χ0v) is 8.78. The van der Waals surface area contributed by atoms with Crippen LogP contribution in [0, 0.1) is 0 Å². The Bertz CT molecular complexity index is 497. The summed E-state index contributed by atoms with van der Waals surface area (Å²) in [6, 6.07) is 0. The molecule has 6 nitrogen and oxygen atoms in total.